The molecule has 1 amide bonds. The predicted molar refractivity (Wildman–Crippen MR) is 84.6 cm³/mol. The highest BCUT2D eigenvalue weighted by Crippen LogP contribution is 2.23. The molecule has 126 valence electrons. The highest BCUT2D eigenvalue weighted by molar-refractivity contribution is 6.30. The summed E-state index contributed by atoms with van der Waals surface area (Å²) >= 11 is 5.83. The van der Waals surface area contributed by atoms with Crippen molar-refractivity contribution in [2.24, 2.45) is 11.8 Å². The Bertz CT molecular complexity index is 545. The Labute approximate surface area is 139 Å². The Kier molecular flexibility index (Phi) is 6.67. The average molecular weight is 342 g/mol. The summed E-state index contributed by atoms with van der Waals surface area (Å²) in [5.41, 5.74) is 0. The van der Waals surface area contributed by atoms with Crippen LogP contribution in [0.25, 0.3) is 0 Å². The van der Waals surface area contributed by atoms with Gasteiger partial charge in [0.1, 0.15) is 5.75 Å². The molecule has 0 saturated carbocycles. The molecule has 2 rings (SSSR count). The molecule has 6 nitrogen and oxygen atoms in total. The number of rotatable bonds is 7. The van der Waals surface area contributed by atoms with Crippen LogP contribution in [0.4, 0.5) is 0 Å². The summed E-state index contributed by atoms with van der Waals surface area (Å²) in [6, 6.07) is 6.74. The second kappa shape index (κ2) is 8.74. The molecule has 1 fully saturated rings. The number of halogens is 1. The number of nitrogens with one attached hydrogen (secondary N) is 1. The lowest BCUT2D eigenvalue weighted by atomic mass is 9.86. The van der Waals surface area contributed by atoms with Gasteiger partial charge in [-0.3, -0.25) is 9.59 Å². The molecule has 23 heavy (non-hydrogen) atoms. The first kappa shape index (κ1) is 17.6. The number of carboxylic acids is 1. The summed E-state index contributed by atoms with van der Waals surface area (Å²) in [7, 11) is 0. The molecule has 0 radical (unpaired) electrons. The van der Waals surface area contributed by atoms with E-state index in [1.54, 1.807) is 24.3 Å². The van der Waals surface area contributed by atoms with E-state index in [9.17, 15) is 14.7 Å². The normalized spacial score (nSPS) is 16.6. The number of hydrogen-bond acceptors (Lipinski definition) is 4. The van der Waals surface area contributed by atoms with E-state index in [1.165, 1.54) is 0 Å². The maximum absolute atomic E-state index is 11.8. The van der Waals surface area contributed by atoms with Gasteiger partial charge in [-0.05, 0) is 37.0 Å². The Morgan fingerprint density at radius 3 is 2.78 bits per heavy atom. The molecule has 0 aromatic heterocycles. The van der Waals surface area contributed by atoms with Gasteiger partial charge in [0.2, 0.25) is 0 Å². The van der Waals surface area contributed by atoms with Crippen molar-refractivity contribution in [2.75, 3.05) is 26.4 Å². The minimum atomic E-state index is -0.895. The Hall–Kier alpha value is -1.79. The van der Waals surface area contributed by atoms with E-state index in [0.717, 1.165) is 0 Å². The van der Waals surface area contributed by atoms with E-state index in [1.807, 2.05) is 0 Å². The van der Waals surface area contributed by atoms with Crippen LogP contribution in [0.15, 0.2) is 24.3 Å². The summed E-state index contributed by atoms with van der Waals surface area (Å²) in [6.07, 6.45) is 1.40. The third-order valence-corrected chi connectivity index (χ3v) is 4.07. The van der Waals surface area contributed by atoms with Gasteiger partial charge in [-0.25, -0.2) is 0 Å². The van der Waals surface area contributed by atoms with Crippen molar-refractivity contribution >= 4 is 23.5 Å². The number of carbonyl (C=O) groups excluding carboxylic acids is 1. The van der Waals surface area contributed by atoms with Crippen LogP contribution in [0, 0.1) is 11.8 Å². The topological polar surface area (TPSA) is 84.9 Å². The van der Waals surface area contributed by atoms with Crippen LogP contribution in [0.5, 0.6) is 5.75 Å². The lowest BCUT2D eigenvalue weighted by Crippen LogP contribution is -2.40. The third kappa shape index (κ3) is 5.73. The van der Waals surface area contributed by atoms with E-state index in [2.05, 4.69) is 5.32 Å². The van der Waals surface area contributed by atoms with Gasteiger partial charge >= 0.3 is 5.97 Å². The van der Waals surface area contributed by atoms with E-state index in [4.69, 9.17) is 21.1 Å². The standard InChI is InChI=1S/C16H20ClNO5/c17-12-2-1-3-13(8-12)23-10-15(19)18-9-14(16(20)21)11-4-6-22-7-5-11/h1-3,8,11,14H,4-7,9-10H2,(H,18,19)(H,20,21). The van der Waals surface area contributed by atoms with Gasteiger partial charge in [0.05, 0.1) is 5.92 Å². The van der Waals surface area contributed by atoms with Crippen LogP contribution in [0.3, 0.4) is 0 Å². The van der Waals surface area contributed by atoms with Crippen LogP contribution >= 0.6 is 11.6 Å². The summed E-state index contributed by atoms with van der Waals surface area (Å²) in [6.45, 7) is 1.05. The van der Waals surface area contributed by atoms with Crippen LogP contribution in [-0.4, -0.2) is 43.3 Å². The molecule has 1 unspecified atom stereocenters. The number of amides is 1. The van der Waals surface area contributed by atoms with E-state index >= 15 is 0 Å². The lowest BCUT2D eigenvalue weighted by Gasteiger charge is -2.27. The summed E-state index contributed by atoms with van der Waals surface area (Å²) in [5.74, 6) is -1.34. The first-order chi connectivity index (χ1) is 11.1. The number of hydrogen-bond donors (Lipinski definition) is 2. The summed E-state index contributed by atoms with van der Waals surface area (Å²) < 4.78 is 10.6. The average Bonchev–Trinajstić information content (AvgIpc) is 2.54. The highest BCUT2D eigenvalue weighted by atomic mass is 35.5. The molecule has 0 aliphatic carbocycles. The predicted octanol–water partition coefficient (Wildman–Crippen LogP) is 1.96. The maximum atomic E-state index is 11.8. The fraction of sp³-hybridized carbons (Fsp3) is 0.500. The molecule has 1 saturated heterocycles. The zero-order valence-corrected chi connectivity index (χ0v) is 13.4. The highest BCUT2D eigenvalue weighted by Gasteiger charge is 2.29. The van der Waals surface area contributed by atoms with E-state index in [-0.39, 0.29) is 25.0 Å². The Morgan fingerprint density at radius 1 is 1.39 bits per heavy atom. The fourth-order valence-electron chi connectivity index (χ4n) is 2.55. The number of aliphatic carboxylic acids is 1. The van der Waals surface area contributed by atoms with Gasteiger partial charge in [0.15, 0.2) is 6.61 Å². The van der Waals surface area contributed by atoms with Gasteiger partial charge in [-0.15, -0.1) is 0 Å². The van der Waals surface area contributed by atoms with Crippen molar-refractivity contribution in [1.29, 1.82) is 0 Å². The molecule has 1 atom stereocenters. The first-order valence-corrected chi connectivity index (χ1v) is 7.89. The van der Waals surface area contributed by atoms with Crippen molar-refractivity contribution in [3.8, 4) is 5.75 Å². The van der Waals surface area contributed by atoms with Gasteiger partial charge in [0, 0.05) is 24.8 Å². The first-order valence-electron chi connectivity index (χ1n) is 7.52. The Balaban J connectivity index is 1.78. The molecule has 0 spiro atoms. The number of ether oxygens (including phenoxy) is 2. The van der Waals surface area contributed by atoms with E-state index < -0.39 is 11.9 Å². The van der Waals surface area contributed by atoms with Crippen LogP contribution in [0.1, 0.15) is 12.8 Å². The molecule has 1 aliphatic heterocycles. The molecular formula is C16H20ClNO5. The molecule has 1 aromatic carbocycles. The zero-order valence-electron chi connectivity index (χ0n) is 12.7. The van der Waals surface area contributed by atoms with Crippen LogP contribution in [0.2, 0.25) is 5.02 Å². The van der Waals surface area contributed by atoms with Crippen molar-refractivity contribution in [1.82, 2.24) is 5.32 Å². The second-order valence-electron chi connectivity index (χ2n) is 5.44. The quantitative estimate of drug-likeness (QED) is 0.792. The van der Waals surface area contributed by atoms with E-state index in [0.29, 0.717) is 36.8 Å². The number of benzene rings is 1. The smallest absolute Gasteiger partial charge is 0.308 e. The monoisotopic (exact) mass is 341 g/mol. The minimum absolute atomic E-state index is 0.0235. The maximum Gasteiger partial charge on any atom is 0.308 e. The van der Waals surface area contributed by atoms with Crippen molar-refractivity contribution in [3.63, 3.8) is 0 Å². The second-order valence-corrected chi connectivity index (χ2v) is 5.88. The summed E-state index contributed by atoms with van der Waals surface area (Å²) in [5, 5.41) is 12.5. The molecular weight excluding hydrogens is 322 g/mol. The molecule has 0 bridgehead atoms. The number of carboxylic acid groups (broad SMARTS) is 1. The van der Waals surface area contributed by atoms with Crippen LogP contribution < -0.4 is 10.1 Å². The van der Waals surface area contributed by atoms with Crippen molar-refractivity contribution < 1.29 is 24.2 Å². The van der Waals surface area contributed by atoms with Gasteiger partial charge < -0.3 is 19.9 Å². The molecule has 1 aromatic rings. The third-order valence-electron chi connectivity index (χ3n) is 3.84. The Morgan fingerprint density at radius 2 is 2.13 bits per heavy atom. The molecule has 2 N–H and O–H groups in total. The van der Waals surface area contributed by atoms with Crippen molar-refractivity contribution in [3.05, 3.63) is 29.3 Å². The van der Waals surface area contributed by atoms with Gasteiger partial charge in [0.25, 0.3) is 5.91 Å². The molecule has 1 aliphatic rings. The summed E-state index contributed by atoms with van der Waals surface area (Å²) in [4.78, 5) is 23.2. The lowest BCUT2D eigenvalue weighted by molar-refractivity contribution is -0.145. The largest absolute Gasteiger partial charge is 0.484 e. The zero-order chi connectivity index (χ0) is 16.7. The van der Waals surface area contributed by atoms with Gasteiger partial charge in [-0.1, -0.05) is 17.7 Å². The molecule has 1 heterocycles. The fourth-order valence-corrected chi connectivity index (χ4v) is 2.73. The number of carbonyl (C=O) groups is 2. The van der Waals surface area contributed by atoms with Crippen molar-refractivity contribution in [2.45, 2.75) is 12.8 Å². The molecule has 7 heteroatoms. The van der Waals surface area contributed by atoms with Crippen LogP contribution in [-0.2, 0) is 14.3 Å². The SMILES string of the molecule is O=C(COc1cccc(Cl)c1)NCC(C(=O)O)C1CCOCC1. The minimum Gasteiger partial charge on any atom is -0.484 e. The van der Waals surface area contributed by atoms with Gasteiger partial charge in [-0.2, -0.15) is 0 Å².